The first kappa shape index (κ1) is 12.3. The first-order valence-electron chi connectivity index (χ1n) is 6.39. The summed E-state index contributed by atoms with van der Waals surface area (Å²) < 4.78 is 0. The third-order valence-electron chi connectivity index (χ3n) is 3.03. The number of rotatable bonds is 3. The van der Waals surface area contributed by atoms with E-state index in [2.05, 4.69) is 39.8 Å². The molecule has 3 aromatic rings. The van der Waals surface area contributed by atoms with Gasteiger partial charge in [-0.2, -0.15) is 10.2 Å². The van der Waals surface area contributed by atoms with E-state index in [1.165, 1.54) is 5.56 Å². The molecule has 0 spiro atoms. The van der Waals surface area contributed by atoms with Crippen molar-refractivity contribution in [3.05, 3.63) is 65.9 Å². The van der Waals surface area contributed by atoms with E-state index in [1.54, 1.807) is 12.4 Å². The molecule has 20 heavy (non-hydrogen) atoms. The van der Waals surface area contributed by atoms with Crippen LogP contribution in [-0.2, 0) is 0 Å². The van der Waals surface area contributed by atoms with Crippen LogP contribution in [0.2, 0.25) is 0 Å². The van der Waals surface area contributed by atoms with E-state index in [9.17, 15) is 0 Å². The van der Waals surface area contributed by atoms with Gasteiger partial charge < -0.3 is 0 Å². The molecule has 1 heterocycles. The van der Waals surface area contributed by atoms with Crippen molar-refractivity contribution in [3.8, 4) is 0 Å². The third-order valence-corrected chi connectivity index (χ3v) is 3.03. The van der Waals surface area contributed by atoms with Crippen LogP contribution >= 0.6 is 0 Å². The van der Waals surface area contributed by atoms with Gasteiger partial charge in [0.15, 0.2) is 5.82 Å². The summed E-state index contributed by atoms with van der Waals surface area (Å²) in [7, 11) is 0. The van der Waals surface area contributed by atoms with Crippen LogP contribution < -0.4 is 5.43 Å². The summed E-state index contributed by atoms with van der Waals surface area (Å²) >= 11 is 0. The van der Waals surface area contributed by atoms with Crippen LogP contribution in [0.25, 0.3) is 10.8 Å². The van der Waals surface area contributed by atoms with Gasteiger partial charge in [-0.25, -0.2) is 0 Å². The molecule has 4 heteroatoms. The molecule has 0 saturated heterocycles. The maximum Gasteiger partial charge on any atom is 0.176 e. The molecule has 0 atom stereocenters. The molecular weight excluding hydrogens is 248 g/mol. The van der Waals surface area contributed by atoms with Gasteiger partial charge in [-0.3, -0.25) is 5.43 Å². The summed E-state index contributed by atoms with van der Waals surface area (Å²) in [5.41, 5.74) is 5.22. The van der Waals surface area contributed by atoms with E-state index in [0.29, 0.717) is 5.82 Å². The van der Waals surface area contributed by atoms with Crippen molar-refractivity contribution in [1.82, 2.24) is 10.2 Å². The van der Waals surface area contributed by atoms with Crippen molar-refractivity contribution in [2.45, 2.75) is 6.92 Å². The van der Waals surface area contributed by atoms with E-state index < -0.39 is 0 Å². The second kappa shape index (κ2) is 5.48. The summed E-state index contributed by atoms with van der Waals surface area (Å²) in [6.07, 6.45) is 3.51. The summed E-state index contributed by atoms with van der Waals surface area (Å²) in [5, 5.41) is 14.3. The Balaban J connectivity index is 1.81. The van der Waals surface area contributed by atoms with Crippen molar-refractivity contribution in [2.24, 2.45) is 5.10 Å². The minimum atomic E-state index is 0.659. The van der Waals surface area contributed by atoms with Crippen molar-refractivity contribution in [1.29, 1.82) is 0 Å². The van der Waals surface area contributed by atoms with E-state index in [-0.39, 0.29) is 0 Å². The molecule has 0 bridgehead atoms. The van der Waals surface area contributed by atoms with Gasteiger partial charge in [-0.05, 0) is 12.5 Å². The monoisotopic (exact) mass is 262 g/mol. The van der Waals surface area contributed by atoms with E-state index in [4.69, 9.17) is 0 Å². The van der Waals surface area contributed by atoms with Gasteiger partial charge in [-0.1, -0.05) is 54.1 Å². The zero-order valence-electron chi connectivity index (χ0n) is 11.1. The Bertz CT molecular complexity index is 743. The number of fused-ring (bicyclic) bond motifs is 1. The molecule has 1 N–H and O–H groups in total. The van der Waals surface area contributed by atoms with Gasteiger partial charge in [0.2, 0.25) is 0 Å². The van der Waals surface area contributed by atoms with Crippen LogP contribution in [0.5, 0.6) is 0 Å². The Kier molecular flexibility index (Phi) is 3.37. The van der Waals surface area contributed by atoms with Crippen LogP contribution in [0.15, 0.2) is 59.8 Å². The highest BCUT2D eigenvalue weighted by atomic mass is 15.3. The Labute approximate surface area is 117 Å². The topological polar surface area (TPSA) is 50.2 Å². The van der Waals surface area contributed by atoms with Crippen LogP contribution in [0.3, 0.4) is 0 Å². The zero-order chi connectivity index (χ0) is 13.8. The van der Waals surface area contributed by atoms with Crippen molar-refractivity contribution < 1.29 is 0 Å². The third kappa shape index (κ3) is 2.64. The van der Waals surface area contributed by atoms with Gasteiger partial charge in [0.05, 0.1) is 12.4 Å². The number of aromatic nitrogens is 2. The molecular formula is C16H14N4. The lowest BCUT2D eigenvalue weighted by Crippen LogP contribution is -1.96. The number of hydrazone groups is 1. The van der Waals surface area contributed by atoms with Crippen LogP contribution in [-0.4, -0.2) is 16.4 Å². The highest BCUT2D eigenvalue weighted by Gasteiger charge is 2.00. The predicted octanol–water partition coefficient (Wildman–Crippen LogP) is 3.38. The van der Waals surface area contributed by atoms with E-state index in [0.717, 1.165) is 16.3 Å². The lowest BCUT2D eigenvalue weighted by Gasteiger charge is -2.02. The molecule has 0 aliphatic rings. The number of nitrogens with zero attached hydrogens (tertiary/aromatic N) is 3. The minimum Gasteiger partial charge on any atom is -0.259 e. The second-order valence-corrected chi connectivity index (χ2v) is 4.56. The van der Waals surface area contributed by atoms with Crippen LogP contribution in [0.1, 0.15) is 11.1 Å². The number of hydrogen-bond donors (Lipinski definition) is 1. The quantitative estimate of drug-likeness (QED) is 0.581. The Morgan fingerprint density at radius 2 is 1.85 bits per heavy atom. The van der Waals surface area contributed by atoms with E-state index >= 15 is 0 Å². The van der Waals surface area contributed by atoms with Crippen LogP contribution in [0.4, 0.5) is 5.82 Å². The number of aryl methyl sites for hydroxylation is 1. The van der Waals surface area contributed by atoms with Gasteiger partial charge in [-0.15, -0.1) is 5.10 Å². The summed E-state index contributed by atoms with van der Waals surface area (Å²) in [6, 6.07) is 16.1. The Morgan fingerprint density at radius 1 is 1.05 bits per heavy atom. The molecule has 0 saturated carbocycles. The van der Waals surface area contributed by atoms with Crippen molar-refractivity contribution in [2.75, 3.05) is 5.43 Å². The number of benzene rings is 2. The molecule has 3 rings (SSSR count). The van der Waals surface area contributed by atoms with E-state index in [1.807, 2.05) is 36.4 Å². The summed E-state index contributed by atoms with van der Waals surface area (Å²) in [6.45, 7) is 2.06. The zero-order valence-corrected chi connectivity index (χ0v) is 11.1. The molecule has 0 unspecified atom stereocenters. The average molecular weight is 262 g/mol. The van der Waals surface area contributed by atoms with Gasteiger partial charge in [0.25, 0.3) is 0 Å². The van der Waals surface area contributed by atoms with Crippen molar-refractivity contribution >= 4 is 22.8 Å². The van der Waals surface area contributed by atoms with Gasteiger partial charge in [0, 0.05) is 10.8 Å². The fraction of sp³-hybridized carbons (Fsp3) is 0.0625. The molecule has 0 radical (unpaired) electrons. The smallest absolute Gasteiger partial charge is 0.176 e. The molecule has 0 amide bonds. The van der Waals surface area contributed by atoms with Crippen molar-refractivity contribution in [3.63, 3.8) is 0 Å². The second-order valence-electron chi connectivity index (χ2n) is 4.56. The fourth-order valence-corrected chi connectivity index (χ4v) is 1.93. The Hall–Kier alpha value is -2.75. The lowest BCUT2D eigenvalue weighted by atomic mass is 10.2. The van der Waals surface area contributed by atoms with Crippen LogP contribution in [0, 0.1) is 6.92 Å². The molecule has 4 nitrogen and oxygen atoms in total. The largest absolute Gasteiger partial charge is 0.259 e. The summed E-state index contributed by atoms with van der Waals surface area (Å²) in [4.78, 5) is 0. The fourth-order valence-electron chi connectivity index (χ4n) is 1.93. The highest BCUT2D eigenvalue weighted by molar-refractivity contribution is 5.91. The minimum absolute atomic E-state index is 0.659. The number of nitrogens with one attached hydrogen (secondary N) is 1. The average Bonchev–Trinajstić information content (AvgIpc) is 2.49. The SMILES string of the molecule is Cc1ccc(/C=N/Nc2nncc3ccccc23)cc1. The standard InChI is InChI=1S/C16H14N4/c1-12-6-8-13(9-7-12)10-17-19-16-15-5-3-2-4-14(15)11-18-20-16/h2-11H,1H3,(H,19,20)/b17-10+. The first-order valence-corrected chi connectivity index (χ1v) is 6.39. The molecule has 0 fully saturated rings. The Morgan fingerprint density at radius 3 is 2.70 bits per heavy atom. The molecule has 0 aliphatic carbocycles. The predicted molar refractivity (Wildman–Crippen MR) is 81.9 cm³/mol. The number of hydrogen-bond acceptors (Lipinski definition) is 4. The summed E-state index contributed by atoms with van der Waals surface area (Å²) in [5.74, 6) is 0.659. The maximum absolute atomic E-state index is 4.21. The lowest BCUT2D eigenvalue weighted by molar-refractivity contribution is 1.04. The number of anilines is 1. The van der Waals surface area contributed by atoms with Gasteiger partial charge >= 0.3 is 0 Å². The molecule has 1 aromatic heterocycles. The maximum atomic E-state index is 4.21. The normalized spacial score (nSPS) is 11.1. The van der Waals surface area contributed by atoms with Gasteiger partial charge in [0.1, 0.15) is 0 Å². The molecule has 2 aromatic carbocycles. The first-order chi connectivity index (χ1) is 9.83. The molecule has 98 valence electrons. The highest BCUT2D eigenvalue weighted by Crippen LogP contribution is 2.18. The molecule has 0 aliphatic heterocycles.